The van der Waals surface area contributed by atoms with Crippen LogP contribution in [0.3, 0.4) is 0 Å². The fourth-order valence-electron chi connectivity index (χ4n) is 3.90. The third-order valence-electron chi connectivity index (χ3n) is 5.49. The first-order valence-electron chi connectivity index (χ1n) is 9.85. The molecule has 5 rings (SSSR count). The number of aryl methyl sites for hydroxylation is 1. The lowest BCUT2D eigenvalue weighted by Gasteiger charge is -2.08. The zero-order chi connectivity index (χ0) is 21.5. The lowest BCUT2D eigenvalue weighted by Crippen LogP contribution is -2.20. The molecule has 0 fully saturated rings. The van der Waals surface area contributed by atoms with Gasteiger partial charge < -0.3 is 9.30 Å². The summed E-state index contributed by atoms with van der Waals surface area (Å²) < 4.78 is 8.39. The molecule has 0 amide bonds. The van der Waals surface area contributed by atoms with Crippen LogP contribution in [0.1, 0.15) is 16.1 Å². The van der Waals surface area contributed by atoms with E-state index >= 15 is 0 Å². The molecule has 0 bridgehead atoms. The summed E-state index contributed by atoms with van der Waals surface area (Å²) in [5.74, 6) is 0.408. The zero-order valence-corrected chi connectivity index (χ0v) is 17.1. The van der Waals surface area contributed by atoms with Crippen molar-refractivity contribution in [2.45, 2.75) is 0 Å². The van der Waals surface area contributed by atoms with Crippen LogP contribution in [0.5, 0.6) is 5.75 Å². The maximum absolute atomic E-state index is 13.5. The first-order chi connectivity index (χ1) is 15.1. The fourth-order valence-corrected chi connectivity index (χ4v) is 3.90. The summed E-state index contributed by atoms with van der Waals surface area (Å²) in [6.45, 7) is 0. The number of nitrogens with zero attached hydrogens (tertiary/aromatic N) is 3. The average Bonchev–Trinajstić information content (AvgIpc) is 3.23. The highest BCUT2D eigenvalue weighted by molar-refractivity contribution is 6.14. The van der Waals surface area contributed by atoms with Gasteiger partial charge >= 0.3 is 0 Å². The number of rotatable bonds is 4. The van der Waals surface area contributed by atoms with Crippen LogP contribution in [0, 0.1) is 0 Å². The highest BCUT2D eigenvalue weighted by Crippen LogP contribution is 2.30. The van der Waals surface area contributed by atoms with Crippen molar-refractivity contribution in [1.82, 2.24) is 14.2 Å². The first-order valence-corrected chi connectivity index (χ1v) is 9.85. The molecular formula is C25H19N3O3. The van der Waals surface area contributed by atoms with E-state index in [1.165, 1.54) is 0 Å². The molecule has 2 aromatic heterocycles. The van der Waals surface area contributed by atoms with E-state index in [0.717, 1.165) is 16.6 Å². The number of carbonyl (C=O) groups is 1. The standard InChI is InChI=1S/C25H19N3O3/c1-27-19-10-6-7-11-20(19)28-23(25(27)30)21(16-8-4-3-5-9-16)22(26-28)24(29)17-12-14-18(31-2)15-13-17/h3-15H,1-2H3. The lowest BCUT2D eigenvalue weighted by atomic mass is 9.99. The number of aromatic nitrogens is 3. The van der Waals surface area contributed by atoms with Crippen LogP contribution in [-0.2, 0) is 7.05 Å². The van der Waals surface area contributed by atoms with Gasteiger partial charge in [-0.2, -0.15) is 5.10 Å². The van der Waals surface area contributed by atoms with Gasteiger partial charge in [0, 0.05) is 18.2 Å². The number of para-hydroxylation sites is 2. The van der Waals surface area contributed by atoms with Gasteiger partial charge in [0.25, 0.3) is 5.56 Å². The number of benzene rings is 3. The van der Waals surface area contributed by atoms with Gasteiger partial charge in [0.05, 0.1) is 18.1 Å². The molecule has 0 saturated carbocycles. The third-order valence-corrected chi connectivity index (χ3v) is 5.49. The Bertz CT molecular complexity index is 1500. The molecular weight excluding hydrogens is 390 g/mol. The molecule has 5 aromatic rings. The molecule has 152 valence electrons. The summed E-state index contributed by atoms with van der Waals surface area (Å²) in [4.78, 5) is 26.9. The Hall–Kier alpha value is -4.19. The maximum Gasteiger partial charge on any atom is 0.277 e. The Labute approximate surface area is 177 Å². The number of carbonyl (C=O) groups excluding carboxylic acids is 1. The number of fused-ring (bicyclic) bond motifs is 3. The van der Waals surface area contributed by atoms with Crippen LogP contribution in [0.15, 0.2) is 83.7 Å². The normalized spacial score (nSPS) is 11.2. The van der Waals surface area contributed by atoms with E-state index in [0.29, 0.717) is 22.4 Å². The van der Waals surface area contributed by atoms with E-state index < -0.39 is 0 Å². The lowest BCUT2D eigenvalue weighted by molar-refractivity contribution is 0.103. The van der Waals surface area contributed by atoms with Gasteiger partial charge in [-0.3, -0.25) is 9.59 Å². The predicted octanol–water partition coefficient (Wildman–Crippen LogP) is 4.09. The van der Waals surface area contributed by atoms with E-state index in [-0.39, 0.29) is 17.0 Å². The van der Waals surface area contributed by atoms with Gasteiger partial charge in [0.1, 0.15) is 17.0 Å². The van der Waals surface area contributed by atoms with Crippen molar-refractivity contribution in [2.75, 3.05) is 7.11 Å². The van der Waals surface area contributed by atoms with E-state index in [2.05, 4.69) is 5.10 Å². The number of hydrogen-bond acceptors (Lipinski definition) is 4. The van der Waals surface area contributed by atoms with Crippen molar-refractivity contribution in [3.63, 3.8) is 0 Å². The molecule has 0 N–H and O–H groups in total. The molecule has 0 aliphatic heterocycles. The molecule has 0 unspecified atom stereocenters. The largest absolute Gasteiger partial charge is 0.497 e. The second-order valence-electron chi connectivity index (χ2n) is 7.26. The average molecular weight is 409 g/mol. The fraction of sp³-hybridized carbons (Fsp3) is 0.0800. The number of ether oxygens (including phenoxy) is 1. The molecule has 31 heavy (non-hydrogen) atoms. The van der Waals surface area contributed by atoms with Gasteiger partial charge in [-0.25, -0.2) is 4.52 Å². The van der Waals surface area contributed by atoms with Crippen LogP contribution in [0.25, 0.3) is 27.7 Å². The van der Waals surface area contributed by atoms with E-state index in [1.807, 2.05) is 54.6 Å². The number of hydrogen-bond donors (Lipinski definition) is 0. The van der Waals surface area contributed by atoms with Gasteiger partial charge in [-0.1, -0.05) is 42.5 Å². The molecule has 6 nitrogen and oxygen atoms in total. The molecule has 0 saturated heterocycles. The Morgan fingerprint density at radius 3 is 2.19 bits per heavy atom. The molecule has 2 heterocycles. The second-order valence-corrected chi connectivity index (χ2v) is 7.26. The van der Waals surface area contributed by atoms with Crippen LogP contribution in [0.2, 0.25) is 0 Å². The van der Waals surface area contributed by atoms with E-state index in [1.54, 1.807) is 47.5 Å². The van der Waals surface area contributed by atoms with Gasteiger partial charge in [0.15, 0.2) is 0 Å². The highest BCUT2D eigenvalue weighted by Gasteiger charge is 2.25. The molecule has 0 spiro atoms. The predicted molar refractivity (Wildman–Crippen MR) is 120 cm³/mol. The van der Waals surface area contributed by atoms with Crippen molar-refractivity contribution >= 4 is 22.3 Å². The van der Waals surface area contributed by atoms with Gasteiger partial charge in [-0.05, 0) is 42.0 Å². The van der Waals surface area contributed by atoms with Gasteiger partial charge in [-0.15, -0.1) is 0 Å². The Morgan fingerprint density at radius 2 is 1.52 bits per heavy atom. The number of methoxy groups -OCH3 is 1. The summed E-state index contributed by atoms with van der Waals surface area (Å²) in [5.41, 5.74) is 3.68. The summed E-state index contributed by atoms with van der Waals surface area (Å²) in [5, 5.41) is 4.66. The molecule has 6 heteroatoms. The van der Waals surface area contributed by atoms with E-state index in [4.69, 9.17) is 4.74 Å². The molecule has 0 aliphatic carbocycles. The van der Waals surface area contributed by atoms with Crippen LogP contribution < -0.4 is 10.3 Å². The first kappa shape index (κ1) is 18.8. The monoisotopic (exact) mass is 409 g/mol. The Morgan fingerprint density at radius 1 is 0.871 bits per heavy atom. The summed E-state index contributed by atoms with van der Waals surface area (Å²) >= 11 is 0. The third kappa shape index (κ3) is 2.92. The SMILES string of the molecule is COc1ccc(C(=O)c2nn3c(c2-c2ccccc2)c(=O)n(C)c2ccccc23)cc1. The summed E-state index contributed by atoms with van der Waals surface area (Å²) in [6.07, 6.45) is 0. The quantitative estimate of drug-likeness (QED) is 0.419. The summed E-state index contributed by atoms with van der Waals surface area (Å²) in [7, 11) is 3.31. The summed E-state index contributed by atoms with van der Waals surface area (Å²) in [6, 6.07) is 23.8. The molecule has 0 atom stereocenters. The van der Waals surface area contributed by atoms with Crippen LogP contribution >= 0.6 is 0 Å². The van der Waals surface area contributed by atoms with Crippen molar-refractivity contribution < 1.29 is 9.53 Å². The van der Waals surface area contributed by atoms with Crippen molar-refractivity contribution in [3.05, 3.63) is 100 Å². The van der Waals surface area contributed by atoms with Crippen LogP contribution in [-0.4, -0.2) is 27.1 Å². The maximum atomic E-state index is 13.5. The minimum absolute atomic E-state index is 0.209. The highest BCUT2D eigenvalue weighted by atomic mass is 16.5. The van der Waals surface area contributed by atoms with Crippen molar-refractivity contribution in [2.24, 2.45) is 7.05 Å². The molecule has 3 aromatic carbocycles. The van der Waals surface area contributed by atoms with E-state index in [9.17, 15) is 9.59 Å². The van der Waals surface area contributed by atoms with Crippen molar-refractivity contribution in [3.8, 4) is 16.9 Å². The topological polar surface area (TPSA) is 65.6 Å². The Kier molecular flexibility index (Phi) is 4.40. The minimum Gasteiger partial charge on any atom is -0.497 e. The van der Waals surface area contributed by atoms with Gasteiger partial charge in [0.2, 0.25) is 5.78 Å². The number of ketones is 1. The second kappa shape index (κ2) is 7.25. The zero-order valence-electron chi connectivity index (χ0n) is 17.1. The minimum atomic E-state index is -0.253. The molecule has 0 aliphatic rings. The smallest absolute Gasteiger partial charge is 0.277 e. The van der Waals surface area contributed by atoms with Crippen LogP contribution in [0.4, 0.5) is 0 Å². The molecule has 0 radical (unpaired) electrons. The van der Waals surface area contributed by atoms with Crippen molar-refractivity contribution in [1.29, 1.82) is 0 Å². The Balaban J connectivity index is 1.87.